The minimum Gasteiger partial charge on any atom is -0.463 e. The zero-order valence-corrected chi connectivity index (χ0v) is 12.7. The number of carbonyl (C=O) groups excluding carboxylic acids is 1. The molecule has 0 aromatic rings. The van der Waals surface area contributed by atoms with Gasteiger partial charge in [-0.3, -0.25) is 4.79 Å². The maximum absolute atomic E-state index is 11.8. The van der Waals surface area contributed by atoms with Crippen LogP contribution >= 0.6 is 0 Å². The van der Waals surface area contributed by atoms with Gasteiger partial charge in [0.05, 0.1) is 12.5 Å². The van der Waals surface area contributed by atoms with Gasteiger partial charge in [-0.05, 0) is 12.8 Å². The van der Waals surface area contributed by atoms with Crippen LogP contribution < -0.4 is 0 Å². The predicted molar refractivity (Wildman–Crippen MR) is 75.4 cm³/mol. The summed E-state index contributed by atoms with van der Waals surface area (Å²) in [6, 6.07) is 0. The molecule has 0 aromatic heterocycles. The van der Waals surface area contributed by atoms with Crippen LogP contribution in [0.1, 0.15) is 39.5 Å². The molecule has 0 aliphatic rings. The van der Waals surface area contributed by atoms with E-state index in [9.17, 15) is 20.1 Å². The highest BCUT2D eigenvalue weighted by Gasteiger charge is 2.31. The Morgan fingerprint density at radius 3 is 2.10 bits per heavy atom. The van der Waals surface area contributed by atoms with E-state index in [1.165, 1.54) is 0 Å². The third-order valence-corrected chi connectivity index (χ3v) is 3.45. The van der Waals surface area contributed by atoms with Gasteiger partial charge in [0.25, 0.3) is 0 Å². The summed E-state index contributed by atoms with van der Waals surface area (Å²) in [5.41, 5.74) is 0. The minimum absolute atomic E-state index is 0.248. The van der Waals surface area contributed by atoms with E-state index in [0.29, 0.717) is 12.8 Å². The van der Waals surface area contributed by atoms with Gasteiger partial charge in [0, 0.05) is 0 Å². The molecule has 0 aliphatic carbocycles. The van der Waals surface area contributed by atoms with Crippen molar-refractivity contribution in [3.05, 3.63) is 0 Å². The van der Waals surface area contributed by atoms with Crippen molar-refractivity contribution in [3.63, 3.8) is 0 Å². The topological polar surface area (TPSA) is 127 Å². The first-order valence-corrected chi connectivity index (χ1v) is 7.38. The lowest BCUT2D eigenvalue weighted by Gasteiger charge is -2.25. The summed E-state index contributed by atoms with van der Waals surface area (Å²) < 4.78 is 4.93. The first kappa shape index (κ1) is 20.3. The van der Waals surface area contributed by atoms with E-state index in [-0.39, 0.29) is 5.92 Å². The molecule has 0 heterocycles. The van der Waals surface area contributed by atoms with Crippen LogP contribution in [0.3, 0.4) is 0 Å². The van der Waals surface area contributed by atoms with Crippen molar-refractivity contribution in [1.29, 1.82) is 0 Å². The number of rotatable bonds is 11. The second-order valence-electron chi connectivity index (χ2n) is 5.18. The second-order valence-corrected chi connectivity index (χ2v) is 5.18. The minimum atomic E-state index is -1.72. The number of aliphatic hydroxyl groups is 5. The Bertz CT molecular complexity index is 284. The maximum atomic E-state index is 11.8. The molecular weight excluding hydrogens is 280 g/mol. The Morgan fingerprint density at radius 1 is 1.05 bits per heavy atom. The van der Waals surface area contributed by atoms with Crippen LogP contribution in [0.4, 0.5) is 0 Å². The molecule has 0 amide bonds. The number of carbonyl (C=O) groups is 1. The lowest BCUT2D eigenvalue weighted by Crippen LogP contribution is -2.47. The highest BCUT2D eigenvalue weighted by Crippen LogP contribution is 2.15. The van der Waals surface area contributed by atoms with E-state index in [4.69, 9.17) is 14.9 Å². The molecule has 21 heavy (non-hydrogen) atoms. The monoisotopic (exact) mass is 308 g/mol. The van der Waals surface area contributed by atoms with Crippen LogP contribution in [0.5, 0.6) is 0 Å². The van der Waals surface area contributed by atoms with Crippen molar-refractivity contribution >= 4 is 5.97 Å². The van der Waals surface area contributed by atoms with E-state index in [1.807, 2.05) is 13.8 Å². The van der Waals surface area contributed by atoms with Crippen LogP contribution in [0.25, 0.3) is 0 Å². The summed E-state index contributed by atoms with van der Waals surface area (Å²) in [6.07, 6.45) is -3.33. The van der Waals surface area contributed by atoms with E-state index in [0.717, 1.165) is 12.8 Å². The molecule has 5 atom stereocenters. The van der Waals surface area contributed by atoms with Crippen LogP contribution in [-0.4, -0.2) is 69.1 Å². The van der Waals surface area contributed by atoms with Gasteiger partial charge in [0.1, 0.15) is 31.0 Å². The van der Waals surface area contributed by atoms with Gasteiger partial charge in [0.15, 0.2) is 0 Å². The Hall–Kier alpha value is -0.730. The normalized spacial score (nSPS) is 18.6. The molecule has 1 unspecified atom stereocenters. The molecule has 0 fully saturated rings. The van der Waals surface area contributed by atoms with Crippen LogP contribution in [-0.2, 0) is 9.53 Å². The van der Waals surface area contributed by atoms with Gasteiger partial charge in [-0.15, -0.1) is 0 Å². The predicted octanol–water partition coefficient (Wildman–Crippen LogP) is -0.818. The number of esters is 1. The molecule has 0 saturated heterocycles. The van der Waals surface area contributed by atoms with Crippen LogP contribution in [0.15, 0.2) is 0 Å². The molecule has 126 valence electrons. The van der Waals surface area contributed by atoms with E-state index in [2.05, 4.69) is 0 Å². The first-order valence-electron chi connectivity index (χ1n) is 7.38. The number of aliphatic hydroxyl groups excluding tert-OH is 5. The average molecular weight is 308 g/mol. The fourth-order valence-corrected chi connectivity index (χ4v) is 1.89. The van der Waals surface area contributed by atoms with Crippen molar-refractivity contribution < 1.29 is 35.1 Å². The van der Waals surface area contributed by atoms with E-state index in [1.54, 1.807) is 0 Å². The molecule has 0 spiro atoms. The summed E-state index contributed by atoms with van der Waals surface area (Å²) in [4.78, 5) is 11.8. The quantitative estimate of drug-likeness (QED) is 0.316. The van der Waals surface area contributed by atoms with Gasteiger partial charge in [0.2, 0.25) is 0 Å². The molecule has 5 N–H and O–H groups in total. The van der Waals surface area contributed by atoms with Crippen LogP contribution in [0, 0.1) is 5.92 Å². The number of hydrogen-bond acceptors (Lipinski definition) is 7. The third kappa shape index (κ3) is 7.19. The Kier molecular flexibility index (Phi) is 10.5. The maximum Gasteiger partial charge on any atom is 0.309 e. The Labute approximate surface area is 125 Å². The average Bonchev–Trinajstić information content (AvgIpc) is 2.50. The molecule has 0 rings (SSSR count). The van der Waals surface area contributed by atoms with Crippen molar-refractivity contribution in [2.45, 2.75) is 63.9 Å². The van der Waals surface area contributed by atoms with Gasteiger partial charge in [-0.1, -0.05) is 26.7 Å². The van der Waals surface area contributed by atoms with Crippen molar-refractivity contribution in [1.82, 2.24) is 0 Å². The molecular formula is C14H28O7. The molecule has 7 heteroatoms. The molecule has 7 nitrogen and oxygen atoms in total. The summed E-state index contributed by atoms with van der Waals surface area (Å²) in [5.74, 6) is -0.698. The second kappa shape index (κ2) is 10.9. The molecule has 0 aliphatic heterocycles. The Balaban J connectivity index is 4.26. The van der Waals surface area contributed by atoms with E-state index < -0.39 is 43.6 Å². The van der Waals surface area contributed by atoms with E-state index >= 15 is 0 Å². The summed E-state index contributed by atoms with van der Waals surface area (Å²) in [5, 5.41) is 46.5. The summed E-state index contributed by atoms with van der Waals surface area (Å²) >= 11 is 0. The number of hydrogen-bond donors (Lipinski definition) is 5. The highest BCUT2D eigenvalue weighted by molar-refractivity contribution is 5.72. The summed E-state index contributed by atoms with van der Waals surface area (Å²) in [6.45, 7) is 2.66. The third-order valence-electron chi connectivity index (χ3n) is 3.45. The van der Waals surface area contributed by atoms with Gasteiger partial charge in [-0.25, -0.2) is 0 Å². The molecule has 0 bridgehead atoms. The highest BCUT2D eigenvalue weighted by atomic mass is 16.5. The lowest BCUT2D eigenvalue weighted by atomic mass is 9.99. The smallest absolute Gasteiger partial charge is 0.309 e. The SMILES string of the molecule is CCCCC(CC)C(=O)OC[C@H](O)[C@@H](O)[C@H](O)[C@H](O)CO. The zero-order valence-electron chi connectivity index (χ0n) is 12.7. The number of unbranched alkanes of at least 4 members (excludes halogenated alkanes) is 1. The van der Waals surface area contributed by atoms with Gasteiger partial charge in [-0.2, -0.15) is 0 Å². The fraction of sp³-hybridized carbons (Fsp3) is 0.929. The zero-order chi connectivity index (χ0) is 16.4. The fourth-order valence-electron chi connectivity index (χ4n) is 1.89. The van der Waals surface area contributed by atoms with Crippen LogP contribution in [0.2, 0.25) is 0 Å². The first-order chi connectivity index (χ1) is 9.88. The Morgan fingerprint density at radius 2 is 1.62 bits per heavy atom. The number of ether oxygens (including phenoxy) is 1. The molecule has 0 aromatic carbocycles. The van der Waals surface area contributed by atoms with Gasteiger partial charge >= 0.3 is 5.97 Å². The van der Waals surface area contributed by atoms with Crippen molar-refractivity contribution in [2.75, 3.05) is 13.2 Å². The van der Waals surface area contributed by atoms with Crippen molar-refractivity contribution in [2.24, 2.45) is 5.92 Å². The molecule has 0 radical (unpaired) electrons. The lowest BCUT2D eigenvalue weighted by molar-refractivity contribution is -0.160. The largest absolute Gasteiger partial charge is 0.463 e. The van der Waals surface area contributed by atoms with Crippen molar-refractivity contribution in [3.8, 4) is 0 Å². The standard InChI is InChI=1S/C14H28O7/c1-3-5-6-9(4-2)14(20)21-8-11(17)13(19)12(18)10(16)7-15/h9-13,15-19H,3-8H2,1-2H3/t9?,10-,11+,12-,13-/m1/s1. The molecule has 0 saturated carbocycles. The summed E-state index contributed by atoms with van der Waals surface area (Å²) in [7, 11) is 0. The van der Waals surface area contributed by atoms with Gasteiger partial charge < -0.3 is 30.3 Å².